The summed E-state index contributed by atoms with van der Waals surface area (Å²) in [5.74, 6) is 0. The van der Waals surface area contributed by atoms with Crippen molar-refractivity contribution in [2.75, 3.05) is 0 Å². The van der Waals surface area contributed by atoms with Crippen molar-refractivity contribution in [2.45, 2.75) is 19.5 Å². The van der Waals surface area contributed by atoms with Gasteiger partial charge in [-0.25, -0.2) is 0 Å². The van der Waals surface area contributed by atoms with Crippen LogP contribution < -0.4 is 5.32 Å². The fourth-order valence-electron chi connectivity index (χ4n) is 1.76. The van der Waals surface area contributed by atoms with E-state index in [1.54, 1.807) is 0 Å². The first-order valence-electron chi connectivity index (χ1n) is 5.78. The van der Waals surface area contributed by atoms with Crippen molar-refractivity contribution in [3.63, 3.8) is 0 Å². The molecule has 88 valence electrons. The first kappa shape index (κ1) is 12.3. The molecule has 2 aromatic rings. The zero-order valence-corrected chi connectivity index (χ0v) is 11.4. The van der Waals surface area contributed by atoms with Gasteiger partial charge >= 0.3 is 0 Å². The van der Waals surface area contributed by atoms with Crippen molar-refractivity contribution in [1.82, 2.24) is 5.32 Å². The van der Waals surface area contributed by atoms with Crippen molar-refractivity contribution in [3.8, 4) is 0 Å². The van der Waals surface area contributed by atoms with E-state index in [2.05, 4.69) is 70.6 Å². The predicted molar refractivity (Wildman–Crippen MR) is 75.8 cm³/mol. The van der Waals surface area contributed by atoms with Gasteiger partial charge in [-0.05, 0) is 30.2 Å². The van der Waals surface area contributed by atoms with Crippen molar-refractivity contribution >= 4 is 15.9 Å². The van der Waals surface area contributed by atoms with E-state index in [1.165, 1.54) is 11.1 Å². The van der Waals surface area contributed by atoms with Gasteiger partial charge in [-0.2, -0.15) is 0 Å². The molecule has 0 aliphatic carbocycles. The molecule has 0 spiro atoms. The lowest BCUT2D eigenvalue weighted by Crippen LogP contribution is -2.17. The summed E-state index contributed by atoms with van der Waals surface area (Å²) in [5.41, 5.74) is 2.62. The molecule has 0 fully saturated rings. The van der Waals surface area contributed by atoms with E-state index in [4.69, 9.17) is 0 Å². The van der Waals surface area contributed by atoms with Crippen LogP contribution in [0.1, 0.15) is 24.1 Å². The molecule has 1 atom stereocenters. The summed E-state index contributed by atoms with van der Waals surface area (Å²) in [5, 5.41) is 3.52. The maximum absolute atomic E-state index is 3.52. The zero-order valence-electron chi connectivity index (χ0n) is 9.86. The van der Waals surface area contributed by atoms with Crippen molar-refractivity contribution in [2.24, 2.45) is 0 Å². The Balaban J connectivity index is 1.96. The molecule has 1 N–H and O–H groups in total. The molecule has 0 aliphatic rings. The number of hydrogen-bond acceptors (Lipinski definition) is 1. The van der Waals surface area contributed by atoms with Gasteiger partial charge in [-0.1, -0.05) is 58.4 Å². The summed E-state index contributed by atoms with van der Waals surface area (Å²) >= 11 is 3.50. The van der Waals surface area contributed by atoms with Crippen LogP contribution in [0.4, 0.5) is 0 Å². The minimum absolute atomic E-state index is 0.354. The molecule has 2 heteroatoms. The van der Waals surface area contributed by atoms with Crippen molar-refractivity contribution < 1.29 is 0 Å². The van der Waals surface area contributed by atoms with Gasteiger partial charge in [0.25, 0.3) is 0 Å². The Hall–Kier alpha value is -1.12. The molecule has 0 unspecified atom stereocenters. The number of rotatable bonds is 4. The lowest BCUT2D eigenvalue weighted by Gasteiger charge is -2.14. The van der Waals surface area contributed by atoms with Gasteiger partial charge in [0.1, 0.15) is 0 Å². The van der Waals surface area contributed by atoms with E-state index in [1.807, 2.05) is 12.1 Å². The van der Waals surface area contributed by atoms with Gasteiger partial charge in [0.15, 0.2) is 0 Å². The van der Waals surface area contributed by atoms with Crippen LogP contribution in [0, 0.1) is 0 Å². The van der Waals surface area contributed by atoms with Crippen LogP contribution in [0.15, 0.2) is 59.1 Å². The maximum Gasteiger partial charge on any atom is 0.0295 e. The molecular weight excluding hydrogens is 274 g/mol. The Bertz CT molecular complexity index is 467. The number of benzene rings is 2. The fourth-order valence-corrected chi connectivity index (χ4v) is 2.18. The Kier molecular flexibility index (Phi) is 4.35. The number of nitrogens with one attached hydrogen (secondary N) is 1. The van der Waals surface area contributed by atoms with E-state index >= 15 is 0 Å². The Morgan fingerprint density at radius 2 is 1.82 bits per heavy atom. The van der Waals surface area contributed by atoms with E-state index < -0.39 is 0 Å². The van der Waals surface area contributed by atoms with Gasteiger partial charge < -0.3 is 5.32 Å². The highest BCUT2D eigenvalue weighted by molar-refractivity contribution is 9.10. The highest BCUT2D eigenvalue weighted by Crippen LogP contribution is 2.18. The minimum Gasteiger partial charge on any atom is -0.306 e. The topological polar surface area (TPSA) is 12.0 Å². The van der Waals surface area contributed by atoms with Crippen LogP contribution in [-0.4, -0.2) is 0 Å². The van der Waals surface area contributed by atoms with E-state index in [9.17, 15) is 0 Å². The first-order valence-corrected chi connectivity index (χ1v) is 6.58. The average Bonchev–Trinajstić information content (AvgIpc) is 2.37. The van der Waals surface area contributed by atoms with Gasteiger partial charge in [-0.15, -0.1) is 0 Å². The Morgan fingerprint density at radius 1 is 1.06 bits per heavy atom. The fraction of sp³-hybridized carbons (Fsp3) is 0.200. The largest absolute Gasteiger partial charge is 0.306 e. The normalized spacial score (nSPS) is 12.4. The molecule has 1 nitrogen and oxygen atoms in total. The van der Waals surface area contributed by atoms with Crippen LogP contribution in [0.3, 0.4) is 0 Å². The first-order chi connectivity index (χ1) is 8.25. The molecular formula is C15H16BrN. The van der Waals surface area contributed by atoms with Crippen molar-refractivity contribution in [1.29, 1.82) is 0 Å². The summed E-state index contributed by atoms with van der Waals surface area (Å²) in [7, 11) is 0. The summed E-state index contributed by atoms with van der Waals surface area (Å²) in [4.78, 5) is 0. The second-order valence-corrected chi connectivity index (χ2v) is 5.06. The van der Waals surface area contributed by atoms with Gasteiger partial charge in [0.2, 0.25) is 0 Å². The smallest absolute Gasteiger partial charge is 0.0295 e. The molecule has 0 aromatic heterocycles. The minimum atomic E-state index is 0.354. The molecule has 0 heterocycles. The van der Waals surface area contributed by atoms with Crippen molar-refractivity contribution in [3.05, 3.63) is 70.2 Å². The summed E-state index contributed by atoms with van der Waals surface area (Å²) in [6.45, 7) is 3.08. The Labute approximate surface area is 111 Å². The average molecular weight is 290 g/mol. The number of hydrogen-bond donors (Lipinski definition) is 1. The van der Waals surface area contributed by atoms with Crippen LogP contribution in [-0.2, 0) is 6.54 Å². The summed E-state index contributed by atoms with van der Waals surface area (Å²) < 4.78 is 1.13. The van der Waals surface area contributed by atoms with E-state index in [-0.39, 0.29) is 0 Å². The molecule has 0 aliphatic heterocycles. The van der Waals surface area contributed by atoms with E-state index in [0.29, 0.717) is 6.04 Å². The predicted octanol–water partition coefficient (Wildman–Crippen LogP) is 4.30. The Morgan fingerprint density at radius 3 is 2.53 bits per heavy atom. The van der Waals surface area contributed by atoms with Gasteiger partial charge in [0.05, 0.1) is 0 Å². The van der Waals surface area contributed by atoms with Crippen LogP contribution in [0.25, 0.3) is 0 Å². The van der Waals surface area contributed by atoms with Gasteiger partial charge in [0, 0.05) is 17.1 Å². The van der Waals surface area contributed by atoms with Crippen LogP contribution in [0.2, 0.25) is 0 Å². The highest BCUT2D eigenvalue weighted by Gasteiger charge is 2.04. The summed E-state index contributed by atoms with van der Waals surface area (Å²) in [6.07, 6.45) is 0. The zero-order chi connectivity index (χ0) is 12.1. The monoisotopic (exact) mass is 289 g/mol. The second kappa shape index (κ2) is 5.99. The summed E-state index contributed by atoms with van der Waals surface area (Å²) in [6, 6.07) is 19.2. The van der Waals surface area contributed by atoms with E-state index in [0.717, 1.165) is 11.0 Å². The molecule has 0 bridgehead atoms. The third kappa shape index (κ3) is 3.69. The molecule has 0 radical (unpaired) electrons. The van der Waals surface area contributed by atoms with Crippen LogP contribution in [0.5, 0.6) is 0 Å². The third-order valence-corrected chi connectivity index (χ3v) is 3.30. The third-order valence-electron chi connectivity index (χ3n) is 2.80. The molecule has 17 heavy (non-hydrogen) atoms. The molecule has 0 amide bonds. The standard InChI is InChI=1S/C15H16BrN/c1-12(14-8-5-9-15(16)10-14)17-11-13-6-3-2-4-7-13/h2-10,12,17H,11H2,1H3/t12-/m0/s1. The second-order valence-electron chi connectivity index (χ2n) is 4.14. The lowest BCUT2D eigenvalue weighted by atomic mass is 10.1. The molecule has 2 rings (SSSR count). The maximum atomic E-state index is 3.52. The molecule has 0 saturated heterocycles. The van der Waals surface area contributed by atoms with Crippen LogP contribution >= 0.6 is 15.9 Å². The number of halogens is 1. The van der Waals surface area contributed by atoms with Gasteiger partial charge in [-0.3, -0.25) is 0 Å². The molecule has 2 aromatic carbocycles. The lowest BCUT2D eigenvalue weighted by molar-refractivity contribution is 0.574. The quantitative estimate of drug-likeness (QED) is 0.885. The molecule has 0 saturated carbocycles. The SMILES string of the molecule is C[C@H](NCc1ccccc1)c1cccc(Br)c1. The highest BCUT2D eigenvalue weighted by atomic mass is 79.9.